The van der Waals surface area contributed by atoms with Crippen LogP contribution in [0.4, 0.5) is 0 Å². The Morgan fingerprint density at radius 2 is 1.83 bits per heavy atom. The van der Waals surface area contributed by atoms with Gasteiger partial charge in [0, 0.05) is 5.75 Å². The molecule has 12 heavy (non-hydrogen) atoms. The van der Waals surface area contributed by atoms with Gasteiger partial charge in [-0.25, -0.2) is 0 Å². The minimum atomic E-state index is -1.75. The van der Waals surface area contributed by atoms with E-state index < -0.39 is 30.7 Å². The molecule has 0 spiro atoms. The van der Waals surface area contributed by atoms with E-state index in [1.54, 1.807) is 0 Å². The van der Waals surface area contributed by atoms with Crippen LogP contribution in [0.2, 0.25) is 0 Å². The van der Waals surface area contributed by atoms with E-state index in [1.807, 2.05) is 0 Å². The summed E-state index contributed by atoms with van der Waals surface area (Å²) in [5, 5.41) is 34.9. The molecule has 0 saturated carbocycles. The monoisotopic (exact) mass is 196 g/mol. The molecule has 0 heterocycles. The SMILES string of the molecule is O=C([C@H](O)CS)[C@@H](O)[C@H](O)CO. The van der Waals surface area contributed by atoms with Gasteiger partial charge in [-0.3, -0.25) is 4.79 Å². The maximum atomic E-state index is 10.9. The van der Waals surface area contributed by atoms with Crippen molar-refractivity contribution >= 4 is 18.4 Å². The quantitative estimate of drug-likeness (QED) is 0.315. The van der Waals surface area contributed by atoms with Gasteiger partial charge in [-0.05, 0) is 0 Å². The van der Waals surface area contributed by atoms with Gasteiger partial charge in [0.25, 0.3) is 0 Å². The number of Topliss-reactive ketones (excluding diaryl/α,β-unsaturated/α-hetero) is 1. The van der Waals surface area contributed by atoms with Crippen LogP contribution in [0.25, 0.3) is 0 Å². The number of rotatable bonds is 5. The minimum absolute atomic E-state index is 0.131. The summed E-state index contributed by atoms with van der Waals surface area (Å²) in [7, 11) is 0. The molecule has 0 aromatic carbocycles. The van der Waals surface area contributed by atoms with Crippen LogP contribution in [-0.2, 0) is 4.79 Å². The second kappa shape index (κ2) is 5.50. The van der Waals surface area contributed by atoms with Crippen molar-refractivity contribution in [1.29, 1.82) is 0 Å². The van der Waals surface area contributed by atoms with E-state index in [-0.39, 0.29) is 5.75 Å². The summed E-state index contributed by atoms with van der Waals surface area (Å²) in [5.41, 5.74) is 0. The van der Waals surface area contributed by atoms with Gasteiger partial charge in [-0.2, -0.15) is 12.6 Å². The third-order valence-electron chi connectivity index (χ3n) is 1.34. The Morgan fingerprint density at radius 3 is 2.17 bits per heavy atom. The normalized spacial score (nSPS) is 18.4. The predicted octanol–water partition coefficient (Wildman–Crippen LogP) is -2.44. The van der Waals surface area contributed by atoms with Crippen molar-refractivity contribution in [1.82, 2.24) is 0 Å². The summed E-state index contributed by atoms with van der Waals surface area (Å²) in [6.45, 7) is -0.730. The van der Waals surface area contributed by atoms with E-state index >= 15 is 0 Å². The maximum absolute atomic E-state index is 10.9. The molecule has 0 aliphatic heterocycles. The van der Waals surface area contributed by atoms with Gasteiger partial charge in [-0.15, -0.1) is 0 Å². The number of aliphatic hydroxyl groups is 4. The first kappa shape index (κ1) is 11.9. The zero-order valence-electron chi connectivity index (χ0n) is 6.29. The van der Waals surface area contributed by atoms with Gasteiger partial charge in [0.05, 0.1) is 6.61 Å². The Morgan fingerprint density at radius 1 is 1.33 bits per heavy atom. The van der Waals surface area contributed by atoms with Crippen molar-refractivity contribution in [3.63, 3.8) is 0 Å². The molecule has 0 saturated heterocycles. The standard InChI is InChI=1S/C6H12O5S/c7-1-3(8)5(10)6(11)4(9)2-12/h3-5,7-10,12H,1-2H2/t3-,4-,5+/m1/s1. The van der Waals surface area contributed by atoms with Crippen LogP contribution < -0.4 is 0 Å². The maximum Gasteiger partial charge on any atom is 0.193 e. The Kier molecular flexibility index (Phi) is 5.43. The van der Waals surface area contributed by atoms with Gasteiger partial charge in [0.15, 0.2) is 5.78 Å². The first-order valence-electron chi connectivity index (χ1n) is 3.34. The Hall–Kier alpha value is -0.140. The lowest BCUT2D eigenvalue weighted by Gasteiger charge is -2.16. The van der Waals surface area contributed by atoms with Gasteiger partial charge < -0.3 is 20.4 Å². The van der Waals surface area contributed by atoms with Gasteiger partial charge in [0.1, 0.15) is 18.3 Å². The lowest BCUT2D eigenvalue weighted by atomic mass is 10.1. The molecule has 0 unspecified atom stereocenters. The fraction of sp³-hybridized carbons (Fsp3) is 0.833. The first-order valence-corrected chi connectivity index (χ1v) is 3.97. The van der Waals surface area contributed by atoms with E-state index in [9.17, 15) is 4.79 Å². The van der Waals surface area contributed by atoms with E-state index in [4.69, 9.17) is 20.4 Å². The van der Waals surface area contributed by atoms with Gasteiger partial charge >= 0.3 is 0 Å². The second-order valence-corrected chi connectivity index (χ2v) is 2.66. The van der Waals surface area contributed by atoms with Crippen LogP contribution >= 0.6 is 12.6 Å². The Bertz CT molecular complexity index is 151. The molecule has 0 aliphatic carbocycles. The third-order valence-corrected chi connectivity index (χ3v) is 1.69. The molecule has 5 nitrogen and oxygen atoms in total. The largest absolute Gasteiger partial charge is 0.394 e. The second-order valence-electron chi connectivity index (χ2n) is 2.30. The molecular weight excluding hydrogens is 184 g/mol. The molecule has 0 bridgehead atoms. The topological polar surface area (TPSA) is 98.0 Å². The summed E-state index contributed by atoms with van der Waals surface area (Å²) < 4.78 is 0. The molecule has 0 amide bonds. The number of thiol groups is 1. The molecule has 72 valence electrons. The third kappa shape index (κ3) is 3.08. The molecule has 6 heteroatoms. The van der Waals surface area contributed by atoms with Gasteiger partial charge in [0.2, 0.25) is 0 Å². The smallest absolute Gasteiger partial charge is 0.193 e. The van der Waals surface area contributed by atoms with Crippen molar-refractivity contribution in [3.8, 4) is 0 Å². The highest BCUT2D eigenvalue weighted by Gasteiger charge is 2.28. The Balaban J connectivity index is 4.09. The van der Waals surface area contributed by atoms with Crippen LogP contribution in [0.3, 0.4) is 0 Å². The lowest BCUT2D eigenvalue weighted by molar-refractivity contribution is -0.141. The fourth-order valence-corrected chi connectivity index (χ4v) is 0.756. The average Bonchev–Trinajstić information content (AvgIpc) is 2.12. The zero-order valence-corrected chi connectivity index (χ0v) is 7.19. The molecule has 0 fully saturated rings. The number of carbonyl (C=O) groups excluding carboxylic acids is 1. The van der Waals surface area contributed by atoms with Crippen LogP contribution in [0.5, 0.6) is 0 Å². The highest BCUT2D eigenvalue weighted by molar-refractivity contribution is 7.80. The first-order chi connectivity index (χ1) is 5.54. The average molecular weight is 196 g/mol. The summed E-state index contributed by atoms with van der Waals surface area (Å²) in [5.74, 6) is -1.07. The number of hydrogen-bond donors (Lipinski definition) is 5. The van der Waals surface area contributed by atoms with Gasteiger partial charge in [-0.1, -0.05) is 0 Å². The lowest BCUT2D eigenvalue weighted by Crippen LogP contribution is -2.42. The van der Waals surface area contributed by atoms with Crippen LogP contribution in [0, 0.1) is 0 Å². The van der Waals surface area contributed by atoms with Crippen molar-refractivity contribution in [3.05, 3.63) is 0 Å². The summed E-state index contributed by atoms with van der Waals surface area (Å²) in [6, 6.07) is 0. The Labute approximate surface area is 75.1 Å². The molecule has 3 atom stereocenters. The van der Waals surface area contributed by atoms with E-state index in [0.29, 0.717) is 0 Å². The molecular formula is C6H12O5S. The van der Waals surface area contributed by atoms with Crippen molar-refractivity contribution < 1.29 is 25.2 Å². The molecule has 0 aromatic rings. The van der Waals surface area contributed by atoms with Crippen molar-refractivity contribution in [2.45, 2.75) is 18.3 Å². The number of carbonyl (C=O) groups is 1. The number of aliphatic hydroxyl groups excluding tert-OH is 4. The fourth-order valence-electron chi connectivity index (χ4n) is 0.577. The molecule has 0 rings (SSSR count). The molecule has 0 aromatic heterocycles. The zero-order chi connectivity index (χ0) is 9.72. The minimum Gasteiger partial charge on any atom is -0.394 e. The van der Waals surface area contributed by atoms with Crippen LogP contribution in [-0.4, -0.2) is 56.9 Å². The summed E-state index contributed by atoms with van der Waals surface area (Å²) >= 11 is 3.62. The summed E-state index contributed by atoms with van der Waals surface area (Å²) in [6.07, 6.45) is -4.71. The molecule has 4 N–H and O–H groups in total. The van der Waals surface area contributed by atoms with E-state index in [1.165, 1.54) is 0 Å². The summed E-state index contributed by atoms with van der Waals surface area (Å²) in [4.78, 5) is 10.9. The highest BCUT2D eigenvalue weighted by atomic mass is 32.1. The van der Waals surface area contributed by atoms with Crippen molar-refractivity contribution in [2.24, 2.45) is 0 Å². The highest BCUT2D eigenvalue weighted by Crippen LogP contribution is 2.00. The molecule has 0 radical (unpaired) electrons. The van der Waals surface area contributed by atoms with Crippen molar-refractivity contribution in [2.75, 3.05) is 12.4 Å². The number of ketones is 1. The predicted molar refractivity (Wildman–Crippen MR) is 44.0 cm³/mol. The van der Waals surface area contributed by atoms with E-state index in [0.717, 1.165) is 0 Å². The molecule has 0 aliphatic rings. The van der Waals surface area contributed by atoms with E-state index in [2.05, 4.69) is 12.6 Å². The number of hydrogen-bond acceptors (Lipinski definition) is 6. The van der Waals surface area contributed by atoms with Crippen LogP contribution in [0.1, 0.15) is 0 Å². The van der Waals surface area contributed by atoms with Crippen LogP contribution in [0.15, 0.2) is 0 Å².